The summed E-state index contributed by atoms with van der Waals surface area (Å²) in [5.41, 5.74) is 7.38. The molecule has 2 heterocycles. The second kappa shape index (κ2) is 5.37. The van der Waals surface area contributed by atoms with Crippen molar-refractivity contribution in [2.75, 3.05) is 19.8 Å². The van der Waals surface area contributed by atoms with Gasteiger partial charge in [-0.2, -0.15) is 0 Å². The smallest absolute Gasteiger partial charge is 0.420 e. The molecular weight excluding hydrogens is 268 g/mol. The molecular formula is C15H22N4O2. The van der Waals surface area contributed by atoms with Crippen LogP contribution in [-0.4, -0.2) is 40.2 Å². The van der Waals surface area contributed by atoms with E-state index in [2.05, 4.69) is 4.98 Å². The quantitative estimate of drug-likeness (QED) is 0.919. The molecule has 0 amide bonds. The van der Waals surface area contributed by atoms with E-state index in [1.54, 1.807) is 12.4 Å². The molecule has 6 nitrogen and oxygen atoms in total. The van der Waals surface area contributed by atoms with Crippen LogP contribution in [0.4, 0.5) is 10.5 Å². The molecule has 0 saturated heterocycles. The van der Waals surface area contributed by atoms with E-state index in [1.165, 1.54) is 4.57 Å². The molecule has 0 aromatic carbocycles. The highest BCUT2D eigenvalue weighted by Crippen LogP contribution is 2.24. The van der Waals surface area contributed by atoms with Crippen molar-refractivity contribution in [3.8, 4) is 0 Å². The van der Waals surface area contributed by atoms with Crippen LogP contribution in [0.2, 0.25) is 0 Å². The van der Waals surface area contributed by atoms with Gasteiger partial charge >= 0.3 is 6.09 Å². The van der Waals surface area contributed by atoms with Gasteiger partial charge in [0.25, 0.3) is 0 Å². The summed E-state index contributed by atoms with van der Waals surface area (Å²) < 4.78 is 6.86. The first-order chi connectivity index (χ1) is 9.67. The third-order valence-corrected chi connectivity index (χ3v) is 2.82. The molecule has 0 aliphatic rings. The van der Waals surface area contributed by atoms with Gasteiger partial charge in [0.1, 0.15) is 11.2 Å². The highest BCUT2D eigenvalue weighted by molar-refractivity contribution is 5.90. The zero-order valence-corrected chi connectivity index (χ0v) is 13.2. The number of fused-ring (bicyclic) bond motifs is 1. The maximum Gasteiger partial charge on any atom is 0.420 e. The van der Waals surface area contributed by atoms with Crippen LogP contribution in [0.25, 0.3) is 11.0 Å². The van der Waals surface area contributed by atoms with Gasteiger partial charge in [0.05, 0.1) is 11.9 Å². The third kappa shape index (κ3) is 3.52. The van der Waals surface area contributed by atoms with E-state index in [1.807, 2.05) is 45.8 Å². The average molecular weight is 290 g/mol. The molecule has 0 saturated carbocycles. The molecule has 2 aromatic heterocycles. The van der Waals surface area contributed by atoms with Crippen molar-refractivity contribution >= 4 is 22.8 Å². The second-order valence-electron chi connectivity index (χ2n) is 6.38. The van der Waals surface area contributed by atoms with Crippen molar-refractivity contribution in [1.29, 1.82) is 0 Å². The Morgan fingerprint density at radius 2 is 2.10 bits per heavy atom. The minimum atomic E-state index is -0.552. The lowest BCUT2D eigenvalue weighted by Crippen LogP contribution is -2.27. The largest absolute Gasteiger partial charge is 0.443 e. The highest BCUT2D eigenvalue weighted by atomic mass is 16.6. The van der Waals surface area contributed by atoms with Crippen molar-refractivity contribution in [1.82, 2.24) is 14.5 Å². The molecule has 114 valence electrons. The Morgan fingerprint density at radius 1 is 1.43 bits per heavy atom. The van der Waals surface area contributed by atoms with E-state index in [0.717, 1.165) is 10.9 Å². The number of aromatic nitrogens is 2. The molecule has 2 rings (SSSR count). The number of hydrogen-bond acceptors (Lipinski definition) is 5. The zero-order valence-electron chi connectivity index (χ0n) is 13.2. The Hall–Kier alpha value is -2.08. The number of carbonyl (C=O) groups excluding carboxylic acids is 1. The maximum atomic E-state index is 12.3. The molecule has 0 unspecified atom stereocenters. The number of rotatable bonds is 2. The van der Waals surface area contributed by atoms with E-state index in [9.17, 15) is 4.79 Å². The van der Waals surface area contributed by atoms with Gasteiger partial charge < -0.3 is 15.4 Å². The number of anilines is 1. The van der Waals surface area contributed by atoms with Crippen molar-refractivity contribution in [3.63, 3.8) is 0 Å². The maximum absolute atomic E-state index is 12.3. The van der Waals surface area contributed by atoms with Gasteiger partial charge in [0.15, 0.2) is 0 Å². The number of nitrogens with zero attached hydrogens (tertiary/aromatic N) is 3. The Morgan fingerprint density at radius 3 is 2.67 bits per heavy atom. The minimum Gasteiger partial charge on any atom is -0.443 e. The van der Waals surface area contributed by atoms with Gasteiger partial charge in [-0.25, -0.2) is 14.3 Å². The standard InChI is InChI=1S/C15H22N4O2/c1-15(2,3)21-14(20)19-9-10(8-18(4)5)12-6-11(16)7-17-13(12)19/h6-7,9H,8,16H2,1-5H3. The fourth-order valence-corrected chi connectivity index (χ4v) is 2.11. The molecule has 0 fully saturated rings. The summed E-state index contributed by atoms with van der Waals surface area (Å²) in [4.78, 5) is 18.6. The average Bonchev–Trinajstić information content (AvgIpc) is 2.65. The second-order valence-corrected chi connectivity index (χ2v) is 6.38. The Labute approximate surface area is 124 Å². The first-order valence-electron chi connectivity index (χ1n) is 6.81. The van der Waals surface area contributed by atoms with E-state index < -0.39 is 11.7 Å². The number of carbonyl (C=O) groups is 1. The van der Waals surface area contributed by atoms with E-state index >= 15 is 0 Å². The van der Waals surface area contributed by atoms with Crippen LogP contribution in [0, 0.1) is 0 Å². The van der Waals surface area contributed by atoms with Gasteiger partial charge in [0.2, 0.25) is 0 Å². The van der Waals surface area contributed by atoms with Gasteiger partial charge in [-0.1, -0.05) is 0 Å². The molecule has 0 atom stereocenters. The molecule has 0 bridgehead atoms. The van der Waals surface area contributed by atoms with E-state index in [0.29, 0.717) is 17.9 Å². The summed E-state index contributed by atoms with van der Waals surface area (Å²) in [5.74, 6) is 0. The predicted molar refractivity (Wildman–Crippen MR) is 83.2 cm³/mol. The summed E-state index contributed by atoms with van der Waals surface area (Å²) in [6.45, 7) is 6.20. The van der Waals surface area contributed by atoms with Crippen molar-refractivity contribution in [2.45, 2.75) is 32.9 Å². The van der Waals surface area contributed by atoms with Crippen LogP contribution in [-0.2, 0) is 11.3 Å². The van der Waals surface area contributed by atoms with Crippen LogP contribution >= 0.6 is 0 Å². The number of ether oxygens (including phenoxy) is 1. The normalized spacial score (nSPS) is 12.1. The summed E-state index contributed by atoms with van der Waals surface area (Å²) in [7, 11) is 3.94. The summed E-state index contributed by atoms with van der Waals surface area (Å²) >= 11 is 0. The Balaban J connectivity index is 2.51. The van der Waals surface area contributed by atoms with Gasteiger partial charge in [-0.3, -0.25) is 0 Å². The number of nitrogens with two attached hydrogens (primary N) is 1. The monoisotopic (exact) mass is 290 g/mol. The van der Waals surface area contributed by atoms with Gasteiger partial charge in [-0.15, -0.1) is 0 Å². The van der Waals surface area contributed by atoms with Crippen molar-refractivity contribution in [2.24, 2.45) is 0 Å². The molecule has 21 heavy (non-hydrogen) atoms. The molecule has 0 aliphatic carbocycles. The Bertz CT molecular complexity index is 668. The van der Waals surface area contributed by atoms with Crippen LogP contribution in [0.1, 0.15) is 26.3 Å². The number of pyridine rings is 1. The summed E-state index contributed by atoms with van der Waals surface area (Å²) in [6, 6.07) is 1.84. The SMILES string of the molecule is CN(C)Cc1cn(C(=O)OC(C)(C)C)c2ncc(N)cc12. The van der Waals surface area contributed by atoms with Crippen molar-refractivity contribution < 1.29 is 9.53 Å². The van der Waals surface area contributed by atoms with E-state index in [4.69, 9.17) is 10.5 Å². The number of hydrogen-bond donors (Lipinski definition) is 1. The first kappa shape index (κ1) is 15.3. The highest BCUT2D eigenvalue weighted by Gasteiger charge is 2.21. The summed E-state index contributed by atoms with van der Waals surface area (Å²) in [6.07, 6.45) is 2.88. The van der Waals surface area contributed by atoms with Gasteiger partial charge in [0, 0.05) is 18.1 Å². The lowest BCUT2D eigenvalue weighted by Gasteiger charge is -2.19. The first-order valence-corrected chi connectivity index (χ1v) is 6.81. The van der Waals surface area contributed by atoms with Crippen molar-refractivity contribution in [3.05, 3.63) is 24.0 Å². The zero-order chi connectivity index (χ0) is 15.8. The topological polar surface area (TPSA) is 73.4 Å². The van der Waals surface area contributed by atoms with Crippen LogP contribution in [0.5, 0.6) is 0 Å². The molecule has 2 aromatic rings. The summed E-state index contributed by atoms with van der Waals surface area (Å²) in [5, 5.41) is 0.870. The Kier molecular flexibility index (Phi) is 3.91. The van der Waals surface area contributed by atoms with Gasteiger partial charge in [-0.05, 0) is 46.5 Å². The molecule has 6 heteroatoms. The molecule has 0 spiro atoms. The fraction of sp³-hybridized carbons (Fsp3) is 0.467. The minimum absolute atomic E-state index is 0.435. The predicted octanol–water partition coefficient (Wildman–Crippen LogP) is 2.46. The van der Waals surface area contributed by atoms with Crippen LogP contribution < -0.4 is 5.73 Å². The lowest BCUT2D eigenvalue weighted by atomic mass is 10.2. The lowest BCUT2D eigenvalue weighted by molar-refractivity contribution is 0.0543. The fourth-order valence-electron chi connectivity index (χ4n) is 2.11. The van der Waals surface area contributed by atoms with E-state index in [-0.39, 0.29) is 0 Å². The third-order valence-electron chi connectivity index (χ3n) is 2.82. The molecule has 2 N–H and O–H groups in total. The number of nitrogen functional groups attached to an aromatic ring is 1. The molecule has 0 aliphatic heterocycles. The molecule has 0 radical (unpaired) electrons. The van der Waals surface area contributed by atoms with Crippen LogP contribution in [0.3, 0.4) is 0 Å². The van der Waals surface area contributed by atoms with Crippen LogP contribution in [0.15, 0.2) is 18.5 Å².